The molecule has 0 saturated heterocycles. The zero-order valence-electron chi connectivity index (χ0n) is 36.8. The summed E-state index contributed by atoms with van der Waals surface area (Å²) in [7, 11) is 0. The molecule has 12 rings (SSSR count). The van der Waals surface area contributed by atoms with Gasteiger partial charge < -0.3 is 4.90 Å². The quantitative estimate of drug-likeness (QED) is 0.124. The standard InChI is InChI=1S/C63H47NS2/c1-42-20-19-33-54-52-37-35-46(39-58(52)65-62(42)54)50(36-34-43-21-7-2-8-22-43)55-41-56-61-57(64(48-27-13-5-14-28-48)49-29-15-6-16-30-49)38-47(40-59(61)66-63(56)53-32-18-17-31-51(53)55)60(44-23-9-3-10-24-44)45-25-11-4-12-26-45/h2-19,21-33,35-42,60H,20,34H2,1H3/b50-36-. The Morgan fingerprint density at radius 1 is 0.561 bits per heavy atom. The van der Waals surface area contributed by atoms with Crippen LogP contribution in [0.5, 0.6) is 0 Å². The second-order valence-corrected chi connectivity index (χ2v) is 19.7. The smallest absolute Gasteiger partial charge is 0.0557 e. The van der Waals surface area contributed by atoms with Crippen LogP contribution in [-0.2, 0) is 6.42 Å². The molecular formula is C63H47NS2. The van der Waals surface area contributed by atoms with E-state index < -0.39 is 0 Å². The second-order valence-electron chi connectivity index (χ2n) is 17.6. The lowest BCUT2D eigenvalue weighted by Crippen LogP contribution is -2.12. The van der Waals surface area contributed by atoms with Crippen LogP contribution in [-0.4, -0.2) is 0 Å². The van der Waals surface area contributed by atoms with Crippen LogP contribution >= 0.6 is 22.7 Å². The fourth-order valence-corrected chi connectivity index (χ4v) is 12.9. The molecule has 1 nitrogen and oxygen atoms in total. The lowest BCUT2D eigenvalue weighted by molar-refractivity contribution is 0.791. The first-order valence-corrected chi connectivity index (χ1v) is 24.7. The predicted octanol–water partition coefficient (Wildman–Crippen LogP) is 18.3. The summed E-state index contributed by atoms with van der Waals surface area (Å²) < 4.78 is 3.94. The Hall–Kier alpha value is -7.30. The molecular weight excluding hydrogens is 835 g/mol. The molecule has 9 aromatic carbocycles. The molecule has 0 spiro atoms. The second kappa shape index (κ2) is 17.2. The van der Waals surface area contributed by atoms with Crippen LogP contribution in [0.15, 0.2) is 224 Å². The Bertz CT molecular complexity index is 3510. The topological polar surface area (TPSA) is 3.24 Å². The van der Waals surface area contributed by atoms with Crippen molar-refractivity contribution >= 4 is 92.4 Å². The van der Waals surface area contributed by atoms with Gasteiger partial charge in [-0.2, -0.15) is 0 Å². The number of para-hydroxylation sites is 2. The Balaban J connectivity index is 1.16. The molecule has 66 heavy (non-hydrogen) atoms. The van der Waals surface area contributed by atoms with Gasteiger partial charge in [-0.05, 0) is 117 Å². The van der Waals surface area contributed by atoms with Crippen molar-refractivity contribution in [1.29, 1.82) is 0 Å². The molecule has 11 aromatic rings. The predicted molar refractivity (Wildman–Crippen MR) is 286 cm³/mol. The highest BCUT2D eigenvalue weighted by Crippen LogP contribution is 2.51. The maximum Gasteiger partial charge on any atom is 0.0557 e. The van der Waals surface area contributed by atoms with Crippen LogP contribution in [0, 0.1) is 0 Å². The molecule has 1 aliphatic rings. The molecule has 0 fully saturated rings. The van der Waals surface area contributed by atoms with Crippen LogP contribution in [0.2, 0.25) is 0 Å². The average Bonchev–Trinajstić information content (AvgIpc) is 3.95. The van der Waals surface area contributed by atoms with E-state index in [2.05, 4.69) is 242 Å². The van der Waals surface area contributed by atoms with Crippen molar-refractivity contribution in [2.45, 2.75) is 31.6 Å². The van der Waals surface area contributed by atoms with E-state index in [9.17, 15) is 0 Å². The summed E-state index contributed by atoms with van der Waals surface area (Å²) in [6, 6.07) is 78.6. The Morgan fingerprint density at radius 3 is 1.83 bits per heavy atom. The van der Waals surface area contributed by atoms with Crippen LogP contribution < -0.4 is 4.90 Å². The first kappa shape index (κ1) is 40.2. The van der Waals surface area contributed by atoms with E-state index in [0.29, 0.717) is 5.92 Å². The highest BCUT2D eigenvalue weighted by atomic mass is 32.1. The van der Waals surface area contributed by atoms with Crippen LogP contribution in [0.3, 0.4) is 0 Å². The van der Waals surface area contributed by atoms with E-state index in [1.807, 2.05) is 22.7 Å². The SMILES string of the molecule is CC1CC=Cc2c1sc1cc(/C(=C/Cc3ccccc3)c3cc4c(sc5cc(C(c6ccccc6)c6ccccc6)cc(N(c6ccccc6)c6ccccc6)c54)c4ccccc34)ccc21. The molecule has 1 aliphatic carbocycles. The molecule has 1 unspecified atom stereocenters. The van der Waals surface area contributed by atoms with Crippen molar-refractivity contribution in [2.24, 2.45) is 0 Å². The number of rotatable bonds is 10. The summed E-state index contributed by atoms with van der Waals surface area (Å²) in [6.45, 7) is 2.37. The molecule has 0 saturated carbocycles. The summed E-state index contributed by atoms with van der Waals surface area (Å²) in [4.78, 5) is 3.99. The van der Waals surface area contributed by atoms with E-state index in [-0.39, 0.29) is 5.92 Å². The van der Waals surface area contributed by atoms with Gasteiger partial charge >= 0.3 is 0 Å². The van der Waals surface area contributed by atoms with Gasteiger partial charge in [0.25, 0.3) is 0 Å². The number of thiophene rings is 2. The molecule has 2 aromatic heterocycles. The van der Waals surface area contributed by atoms with Crippen LogP contribution in [0.4, 0.5) is 17.1 Å². The lowest BCUT2D eigenvalue weighted by Gasteiger charge is -2.28. The van der Waals surface area contributed by atoms with Crippen molar-refractivity contribution in [3.63, 3.8) is 0 Å². The fourth-order valence-electron chi connectivity index (χ4n) is 10.3. The van der Waals surface area contributed by atoms with Gasteiger partial charge in [-0.15, -0.1) is 22.7 Å². The van der Waals surface area contributed by atoms with Gasteiger partial charge in [-0.3, -0.25) is 0 Å². The van der Waals surface area contributed by atoms with Gasteiger partial charge in [0.05, 0.1) is 5.69 Å². The van der Waals surface area contributed by atoms with E-state index >= 15 is 0 Å². The van der Waals surface area contributed by atoms with Crippen molar-refractivity contribution < 1.29 is 0 Å². The van der Waals surface area contributed by atoms with Gasteiger partial charge in [-0.25, -0.2) is 0 Å². The van der Waals surface area contributed by atoms with Gasteiger partial charge in [0, 0.05) is 57.8 Å². The number of hydrogen-bond donors (Lipinski definition) is 0. The third-order valence-electron chi connectivity index (χ3n) is 13.4. The van der Waals surface area contributed by atoms with Crippen LogP contribution in [0.1, 0.15) is 69.0 Å². The maximum atomic E-state index is 2.53. The van der Waals surface area contributed by atoms with Gasteiger partial charge in [0.2, 0.25) is 0 Å². The van der Waals surface area contributed by atoms with Gasteiger partial charge in [0.1, 0.15) is 0 Å². The molecule has 0 N–H and O–H groups in total. The molecule has 0 aliphatic heterocycles. The molecule has 316 valence electrons. The largest absolute Gasteiger partial charge is 0.310 e. The molecule has 0 radical (unpaired) electrons. The minimum atomic E-state index is 0.0327. The van der Waals surface area contributed by atoms with Crippen molar-refractivity contribution in [3.05, 3.63) is 268 Å². The normalized spacial score (nSPS) is 13.8. The number of benzene rings is 9. The Labute approximate surface area is 394 Å². The van der Waals surface area contributed by atoms with Crippen LogP contribution in [0.25, 0.3) is 52.7 Å². The summed E-state index contributed by atoms with van der Waals surface area (Å²) in [6.07, 6.45) is 9.11. The lowest BCUT2D eigenvalue weighted by atomic mass is 9.84. The summed E-state index contributed by atoms with van der Waals surface area (Å²) in [5.74, 6) is 0.569. The fraction of sp³-hybridized carbons (Fsp3) is 0.0794. The van der Waals surface area contributed by atoms with E-state index in [4.69, 9.17) is 0 Å². The van der Waals surface area contributed by atoms with E-state index in [1.165, 1.54) is 96.1 Å². The zero-order chi connectivity index (χ0) is 44.0. The molecule has 2 heterocycles. The zero-order valence-corrected chi connectivity index (χ0v) is 38.4. The van der Waals surface area contributed by atoms with E-state index in [0.717, 1.165) is 24.2 Å². The monoisotopic (exact) mass is 881 g/mol. The van der Waals surface area contributed by atoms with Crippen molar-refractivity contribution in [1.82, 2.24) is 0 Å². The minimum absolute atomic E-state index is 0.0327. The Kier molecular flexibility index (Phi) is 10.5. The van der Waals surface area contributed by atoms with E-state index in [1.54, 1.807) is 0 Å². The number of nitrogens with zero attached hydrogens (tertiary/aromatic N) is 1. The number of fused-ring (bicyclic) bond motifs is 8. The maximum absolute atomic E-state index is 2.53. The third-order valence-corrected chi connectivity index (χ3v) is 16.0. The molecule has 0 amide bonds. The number of hydrogen-bond acceptors (Lipinski definition) is 3. The number of allylic oxidation sites excluding steroid dienone is 2. The summed E-state index contributed by atoms with van der Waals surface area (Å²) in [5.41, 5.74) is 13.7. The molecule has 3 heteroatoms. The summed E-state index contributed by atoms with van der Waals surface area (Å²) >= 11 is 3.91. The number of anilines is 3. The summed E-state index contributed by atoms with van der Waals surface area (Å²) in [5, 5.41) is 6.46. The van der Waals surface area contributed by atoms with Crippen molar-refractivity contribution in [3.8, 4) is 0 Å². The Morgan fingerprint density at radius 2 is 1.17 bits per heavy atom. The highest BCUT2D eigenvalue weighted by molar-refractivity contribution is 7.26. The molecule has 1 atom stereocenters. The average molecular weight is 882 g/mol. The minimum Gasteiger partial charge on any atom is -0.310 e. The van der Waals surface area contributed by atoms with Gasteiger partial charge in [-0.1, -0.05) is 189 Å². The van der Waals surface area contributed by atoms with Gasteiger partial charge in [0.15, 0.2) is 0 Å². The first-order chi connectivity index (χ1) is 32.7. The third kappa shape index (κ3) is 7.26. The molecule has 0 bridgehead atoms. The van der Waals surface area contributed by atoms with Crippen molar-refractivity contribution in [2.75, 3.05) is 4.90 Å². The first-order valence-electron chi connectivity index (χ1n) is 23.1. The highest BCUT2D eigenvalue weighted by Gasteiger charge is 2.26.